The van der Waals surface area contributed by atoms with Crippen LogP contribution in [0.1, 0.15) is 46.5 Å². The predicted molar refractivity (Wildman–Crippen MR) is 62.8 cm³/mol. The first-order valence-electron chi connectivity index (χ1n) is 6.02. The van der Waals surface area contributed by atoms with E-state index < -0.39 is 0 Å². The molecular weight excluding hydrogens is 188 g/mol. The Balaban J connectivity index is 2.53. The summed E-state index contributed by atoms with van der Waals surface area (Å²) >= 11 is 0. The molecule has 1 rings (SSSR count). The lowest BCUT2D eigenvalue weighted by molar-refractivity contribution is -0.133. The minimum absolute atomic E-state index is 0.220. The maximum absolute atomic E-state index is 11.5. The number of carbonyl (C=O) groups is 1. The second-order valence-electron chi connectivity index (χ2n) is 4.81. The van der Waals surface area contributed by atoms with Gasteiger partial charge in [0.15, 0.2) is 0 Å². The molecule has 0 atom stereocenters. The van der Waals surface area contributed by atoms with E-state index in [0.29, 0.717) is 18.1 Å². The van der Waals surface area contributed by atoms with Crippen molar-refractivity contribution in [2.24, 2.45) is 0 Å². The molecule has 88 valence electrons. The highest BCUT2D eigenvalue weighted by atomic mass is 16.2. The van der Waals surface area contributed by atoms with Crippen molar-refractivity contribution in [2.45, 2.75) is 64.6 Å². The largest absolute Gasteiger partial charge is 0.338 e. The second-order valence-corrected chi connectivity index (χ2v) is 4.81. The van der Waals surface area contributed by atoms with E-state index in [2.05, 4.69) is 19.2 Å². The van der Waals surface area contributed by atoms with Crippen molar-refractivity contribution in [3.8, 4) is 0 Å². The fourth-order valence-electron chi connectivity index (χ4n) is 2.69. The van der Waals surface area contributed by atoms with Crippen molar-refractivity contribution in [1.29, 1.82) is 0 Å². The second kappa shape index (κ2) is 5.50. The van der Waals surface area contributed by atoms with Gasteiger partial charge in [0.25, 0.3) is 0 Å². The molecule has 0 aromatic heterocycles. The van der Waals surface area contributed by atoms with E-state index in [4.69, 9.17) is 0 Å². The van der Waals surface area contributed by atoms with Crippen LogP contribution in [0, 0.1) is 0 Å². The fraction of sp³-hybridized carbons (Fsp3) is 0.917. The molecule has 1 fully saturated rings. The maximum Gasteiger partial charge on any atom is 0.219 e. The van der Waals surface area contributed by atoms with Crippen molar-refractivity contribution in [3.05, 3.63) is 0 Å². The average molecular weight is 212 g/mol. The van der Waals surface area contributed by atoms with Crippen molar-refractivity contribution in [1.82, 2.24) is 10.2 Å². The van der Waals surface area contributed by atoms with Crippen LogP contribution in [0.4, 0.5) is 0 Å². The summed E-state index contributed by atoms with van der Waals surface area (Å²) in [7, 11) is 2.02. The Labute approximate surface area is 93.2 Å². The molecule has 0 bridgehead atoms. The Hall–Kier alpha value is -0.570. The molecule has 1 aliphatic rings. The lowest BCUT2D eigenvalue weighted by Gasteiger charge is -2.38. The van der Waals surface area contributed by atoms with Gasteiger partial charge in [-0.15, -0.1) is 0 Å². The van der Waals surface area contributed by atoms with E-state index in [1.165, 1.54) is 12.8 Å². The molecule has 0 unspecified atom stereocenters. The maximum atomic E-state index is 11.5. The number of rotatable bonds is 3. The summed E-state index contributed by atoms with van der Waals surface area (Å²) in [6.45, 7) is 5.89. The fourth-order valence-corrected chi connectivity index (χ4v) is 2.69. The monoisotopic (exact) mass is 212 g/mol. The van der Waals surface area contributed by atoms with Crippen LogP contribution in [0.25, 0.3) is 0 Å². The molecule has 1 amide bonds. The van der Waals surface area contributed by atoms with Gasteiger partial charge in [0.2, 0.25) is 5.91 Å². The predicted octanol–water partition coefficient (Wildman–Crippen LogP) is 1.77. The van der Waals surface area contributed by atoms with Crippen LogP contribution in [-0.4, -0.2) is 36.0 Å². The van der Waals surface area contributed by atoms with E-state index in [0.717, 1.165) is 12.8 Å². The van der Waals surface area contributed by atoms with Crippen LogP contribution in [0.2, 0.25) is 0 Å². The van der Waals surface area contributed by atoms with Crippen molar-refractivity contribution in [3.63, 3.8) is 0 Å². The third kappa shape index (κ3) is 3.20. The molecule has 0 aliphatic heterocycles. The van der Waals surface area contributed by atoms with Gasteiger partial charge in [0.1, 0.15) is 0 Å². The molecule has 3 nitrogen and oxygen atoms in total. The molecule has 0 aromatic rings. The van der Waals surface area contributed by atoms with Crippen molar-refractivity contribution >= 4 is 5.91 Å². The van der Waals surface area contributed by atoms with Crippen molar-refractivity contribution < 1.29 is 4.79 Å². The Morgan fingerprint density at radius 3 is 2.13 bits per heavy atom. The Morgan fingerprint density at radius 2 is 1.80 bits per heavy atom. The van der Waals surface area contributed by atoms with Crippen LogP contribution in [0.5, 0.6) is 0 Å². The summed E-state index contributed by atoms with van der Waals surface area (Å²) in [5, 5.41) is 3.32. The quantitative estimate of drug-likeness (QED) is 0.773. The van der Waals surface area contributed by atoms with Gasteiger partial charge in [-0.05, 0) is 46.6 Å². The van der Waals surface area contributed by atoms with Crippen LogP contribution in [-0.2, 0) is 4.79 Å². The first-order chi connectivity index (χ1) is 7.06. The molecule has 15 heavy (non-hydrogen) atoms. The van der Waals surface area contributed by atoms with Gasteiger partial charge in [-0.3, -0.25) is 4.79 Å². The highest BCUT2D eigenvalue weighted by molar-refractivity contribution is 5.73. The van der Waals surface area contributed by atoms with Crippen molar-refractivity contribution in [2.75, 3.05) is 7.05 Å². The Bertz CT molecular complexity index is 208. The van der Waals surface area contributed by atoms with E-state index >= 15 is 0 Å². The molecule has 1 aliphatic carbocycles. The number of amides is 1. The van der Waals surface area contributed by atoms with Crippen LogP contribution in [0.15, 0.2) is 0 Å². The zero-order chi connectivity index (χ0) is 11.4. The van der Waals surface area contributed by atoms with Gasteiger partial charge in [-0.25, -0.2) is 0 Å². The summed E-state index contributed by atoms with van der Waals surface area (Å²) in [6.07, 6.45) is 4.67. The molecule has 0 heterocycles. The lowest BCUT2D eigenvalue weighted by atomic mass is 9.89. The highest BCUT2D eigenvalue weighted by Crippen LogP contribution is 2.24. The SMILES string of the molecule is CNC1CCC(N(C(C)=O)C(C)C)CC1. The molecule has 0 aromatic carbocycles. The van der Waals surface area contributed by atoms with Crippen LogP contribution < -0.4 is 5.32 Å². The van der Waals surface area contributed by atoms with Gasteiger partial charge in [-0.2, -0.15) is 0 Å². The number of hydrogen-bond acceptors (Lipinski definition) is 2. The minimum Gasteiger partial charge on any atom is -0.338 e. The summed E-state index contributed by atoms with van der Waals surface area (Å²) < 4.78 is 0. The minimum atomic E-state index is 0.220. The summed E-state index contributed by atoms with van der Waals surface area (Å²) in [4.78, 5) is 13.6. The van der Waals surface area contributed by atoms with E-state index in [9.17, 15) is 4.79 Å². The van der Waals surface area contributed by atoms with E-state index in [1.54, 1.807) is 6.92 Å². The number of carbonyl (C=O) groups excluding carboxylic acids is 1. The van der Waals surface area contributed by atoms with Gasteiger partial charge in [0.05, 0.1) is 0 Å². The lowest BCUT2D eigenvalue weighted by Crippen LogP contribution is -2.47. The van der Waals surface area contributed by atoms with Gasteiger partial charge >= 0.3 is 0 Å². The highest BCUT2D eigenvalue weighted by Gasteiger charge is 2.27. The third-order valence-corrected chi connectivity index (χ3v) is 3.42. The number of hydrogen-bond donors (Lipinski definition) is 1. The third-order valence-electron chi connectivity index (χ3n) is 3.42. The molecule has 1 N–H and O–H groups in total. The zero-order valence-electron chi connectivity index (χ0n) is 10.4. The summed E-state index contributed by atoms with van der Waals surface area (Å²) in [5.41, 5.74) is 0. The standard InChI is InChI=1S/C12H24N2O/c1-9(2)14(10(3)15)12-7-5-11(13-4)6-8-12/h9,11-13H,5-8H2,1-4H3. The summed E-state index contributed by atoms with van der Waals surface area (Å²) in [5.74, 6) is 0.220. The molecule has 0 radical (unpaired) electrons. The topological polar surface area (TPSA) is 32.3 Å². The molecule has 3 heteroatoms. The Morgan fingerprint density at radius 1 is 1.27 bits per heavy atom. The Kier molecular flexibility index (Phi) is 4.58. The van der Waals surface area contributed by atoms with Crippen LogP contribution >= 0.6 is 0 Å². The molecule has 1 saturated carbocycles. The first kappa shape index (κ1) is 12.5. The molecule has 0 saturated heterocycles. The zero-order valence-corrected chi connectivity index (χ0v) is 10.4. The number of nitrogens with zero attached hydrogens (tertiary/aromatic N) is 1. The molecular formula is C12H24N2O. The van der Waals surface area contributed by atoms with E-state index in [1.807, 2.05) is 11.9 Å². The normalized spacial score (nSPS) is 26.7. The first-order valence-corrected chi connectivity index (χ1v) is 6.02. The van der Waals surface area contributed by atoms with Gasteiger partial charge in [0, 0.05) is 25.0 Å². The summed E-state index contributed by atoms with van der Waals surface area (Å²) in [6, 6.07) is 1.45. The van der Waals surface area contributed by atoms with Gasteiger partial charge < -0.3 is 10.2 Å². The van der Waals surface area contributed by atoms with Crippen LogP contribution in [0.3, 0.4) is 0 Å². The van der Waals surface area contributed by atoms with Gasteiger partial charge in [-0.1, -0.05) is 0 Å². The smallest absolute Gasteiger partial charge is 0.219 e. The number of nitrogens with one attached hydrogen (secondary N) is 1. The molecule has 0 spiro atoms. The van der Waals surface area contributed by atoms with E-state index in [-0.39, 0.29) is 5.91 Å². The average Bonchev–Trinajstić information content (AvgIpc) is 2.18.